The first-order valence-corrected chi connectivity index (χ1v) is 5.92. The van der Waals surface area contributed by atoms with E-state index in [0.717, 1.165) is 0 Å². The van der Waals surface area contributed by atoms with Crippen molar-refractivity contribution in [1.82, 2.24) is 10.3 Å². The van der Waals surface area contributed by atoms with E-state index in [1.54, 1.807) is 6.07 Å². The van der Waals surface area contributed by atoms with Gasteiger partial charge in [0.25, 0.3) is 0 Å². The number of hydrogen-bond acceptors (Lipinski definition) is 6. The average Bonchev–Trinajstić information content (AvgIpc) is 2.34. The molecule has 0 bridgehead atoms. The summed E-state index contributed by atoms with van der Waals surface area (Å²) >= 11 is 0. The topological polar surface area (TPSA) is 109 Å². The summed E-state index contributed by atoms with van der Waals surface area (Å²) in [6.45, 7) is 4.73. The molecule has 8 nitrogen and oxygen atoms in total. The smallest absolute Gasteiger partial charge is 0.311 e. The maximum absolute atomic E-state index is 10.9. The first-order chi connectivity index (χ1) is 9.04. The Morgan fingerprint density at radius 2 is 2.11 bits per heavy atom. The number of aromatic nitrogens is 1. The van der Waals surface area contributed by atoms with Crippen molar-refractivity contribution in [3.05, 3.63) is 22.2 Å². The van der Waals surface area contributed by atoms with E-state index in [1.807, 2.05) is 6.92 Å². The number of nitrogens with one attached hydrogen (secondary N) is 3. The number of carbonyl (C=O) groups excluding carboxylic acids is 1. The second kappa shape index (κ2) is 7.14. The number of amides is 1. The number of rotatable bonds is 7. The van der Waals surface area contributed by atoms with Gasteiger partial charge in [0.05, 0.1) is 4.92 Å². The van der Waals surface area contributed by atoms with Gasteiger partial charge in [0.2, 0.25) is 11.7 Å². The van der Waals surface area contributed by atoms with Crippen molar-refractivity contribution in [2.24, 2.45) is 0 Å². The zero-order valence-electron chi connectivity index (χ0n) is 10.9. The third-order valence-corrected chi connectivity index (χ3v) is 2.22. The summed E-state index contributed by atoms with van der Waals surface area (Å²) < 4.78 is 0. The fraction of sp³-hybridized carbons (Fsp3) is 0.455. The highest BCUT2D eigenvalue weighted by Gasteiger charge is 2.15. The Labute approximate surface area is 110 Å². The molecule has 0 radical (unpaired) electrons. The minimum Gasteiger partial charge on any atom is -0.370 e. The summed E-state index contributed by atoms with van der Waals surface area (Å²) in [7, 11) is 0. The van der Waals surface area contributed by atoms with E-state index in [2.05, 4.69) is 20.9 Å². The minimum absolute atomic E-state index is 0.0931. The van der Waals surface area contributed by atoms with Gasteiger partial charge in [-0.05, 0) is 13.0 Å². The zero-order valence-corrected chi connectivity index (χ0v) is 10.9. The van der Waals surface area contributed by atoms with Gasteiger partial charge in [-0.25, -0.2) is 4.98 Å². The minimum atomic E-state index is -0.497. The molecule has 0 aromatic carbocycles. The molecule has 0 aliphatic heterocycles. The van der Waals surface area contributed by atoms with Crippen molar-refractivity contribution in [2.45, 2.75) is 13.8 Å². The van der Waals surface area contributed by atoms with Gasteiger partial charge in [-0.3, -0.25) is 14.9 Å². The molecule has 0 aliphatic rings. The zero-order chi connectivity index (χ0) is 14.3. The Balaban J connectivity index is 2.73. The summed E-state index contributed by atoms with van der Waals surface area (Å²) in [5, 5.41) is 19.3. The Morgan fingerprint density at radius 3 is 2.68 bits per heavy atom. The van der Waals surface area contributed by atoms with Crippen LogP contribution in [0, 0.1) is 10.1 Å². The van der Waals surface area contributed by atoms with Gasteiger partial charge in [-0.15, -0.1) is 0 Å². The maximum Gasteiger partial charge on any atom is 0.311 e. The lowest BCUT2D eigenvalue weighted by Gasteiger charge is -2.09. The first kappa shape index (κ1) is 14.7. The van der Waals surface area contributed by atoms with E-state index < -0.39 is 4.92 Å². The number of carbonyl (C=O) groups is 1. The Bertz CT molecular complexity index is 464. The van der Waals surface area contributed by atoms with Gasteiger partial charge in [0, 0.05) is 32.6 Å². The normalized spacial score (nSPS) is 9.79. The Morgan fingerprint density at radius 1 is 1.37 bits per heavy atom. The van der Waals surface area contributed by atoms with E-state index in [-0.39, 0.29) is 17.4 Å². The molecule has 8 heteroatoms. The van der Waals surface area contributed by atoms with E-state index in [1.165, 1.54) is 13.0 Å². The van der Waals surface area contributed by atoms with Crippen LogP contribution in [-0.4, -0.2) is 35.4 Å². The molecule has 104 valence electrons. The molecule has 1 heterocycles. The molecule has 19 heavy (non-hydrogen) atoms. The van der Waals surface area contributed by atoms with Crippen molar-refractivity contribution >= 4 is 23.2 Å². The van der Waals surface area contributed by atoms with Gasteiger partial charge in [-0.2, -0.15) is 0 Å². The molecule has 0 saturated carbocycles. The molecule has 0 fully saturated rings. The molecule has 1 aromatic rings. The molecule has 0 unspecified atom stereocenters. The van der Waals surface area contributed by atoms with Crippen molar-refractivity contribution < 1.29 is 9.72 Å². The Kier molecular flexibility index (Phi) is 5.52. The Hall–Kier alpha value is -2.38. The second-order valence-electron chi connectivity index (χ2n) is 3.76. The monoisotopic (exact) mass is 267 g/mol. The highest BCUT2D eigenvalue weighted by Crippen LogP contribution is 2.23. The molecule has 0 atom stereocenters. The van der Waals surface area contributed by atoms with E-state index in [0.29, 0.717) is 25.5 Å². The fourth-order valence-electron chi connectivity index (χ4n) is 1.43. The number of nitrogens with zero attached hydrogens (tertiary/aromatic N) is 2. The number of anilines is 2. The van der Waals surface area contributed by atoms with Gasteiger partial charge >= 0.3 is 5.69 Å². The van der Waals surface area contributed by atoms with Crippen LogP contribution < -0.4 is 16.0 Å². The summed E-state index contributed by atoms with van der Waals surface area (Å²) in [6, 6.07) is 2.95. The summed E-state index contributed by atoms with van der Waals surface area (Å²) in [5.74, 6) is 0.606. The standard InChI is InChI=1S/C11H17N5O3/c1-3-12-10-5-4-9(16(18)19)11(15-10)14-7-6-13-8(2)17/h4-5H,3,6-7H2,1-2H3,(H,13,17)(H2,12,14,15). The first-order valence-electron chi connectivity index (χ1n) is 5.92. The third-order valence-electron chi connectivity index (χ3n) is 2.22. The molecular weight excluding hydrogens is 250 g/mol. The number of nitro groups is 1. The molecule has 1 aromatic heterocycles. The third kappa shape index (κ3) is 4.78. The van der Waals surface area contributed by atoms with Gasteiger partial charge in [-0.1, -0.05) is 0 Å². The van der Waals surface area contributed by atoms with Crippen molar-refractivity contribution in [1.29, 1.82) is 0 Å². The average molecular weight is 267 g/mol. The van der Waals surface area contributed by atoms with Crippen LogP contribution >= 0.6 is 0 Å². The van der Waals surface area contributed by atoms with Crippen LogP contribution in [0.1, 0.15) is 13.8 Å². The van der Waals surface area contributed by atoms with E-state index in [9.17, 15) is 14.9 Å². The molecule has 1 amide bonds. The van der Waals surface area contributed by atoms with Crippen LogP contribution in [0.15, 0.2) is 12.1 Å². The van der Waals surface area contributed by atoms with Crippen LogP contribution in [0.4, 0.5) is 17.3 Å². The molecule has 3 N–H and O–H groups in total. The quantitative estimate of drug-likeness (QED) is 0.386. The predicted octanol–water partition coefficient (Wildman–Crippen LogP) is 0.970. The predicted molar refractivity (Wildman–Crippen MR) is 72.2 cm³/mol. The molecular formula is C11H17N5O3. The lowest BCUT2D eigenvalue weighted by molar-refractivity contribution is -0.384. The number of hydrogen-bond donors (Lipinski definition) is 3. The molecule has 0 spiro atoms. The van der Waals surface area contributed by atoms with Crippen LogP contribution in [0.5, 0.6) is 0 Å². The maximum atomic E-state index is 10.9. The molecule has 0 aliphatic carbocycles. The highest BCUT2D eigenvalue weighted by molar-refractivity contribution is 5.72. The lowest BCUT2D eigenvalue weighted by atomic mass is 10.3. The van der Waals surface area contributed by atoms with E-state index >= 15 is 0 Å². The number of pyridine rings is 1. The van der Waals surface area contributed by atoms with Gasteiger partial charge in [0.1, 0.15) is 5.82 Å². The van der Waals surface area contributed by atoms with Crippen LogP contribution in [0.25, 0.3) is 0 Å². The summed E-state index contributed by atoms with van der Waals surface area (Å²) in [4.78, 5) is 25.2. The lowest BCUT2D eigenvalue weighted by Crippen LogP contribution is -2.26. The van der Waals surface area contributed by atoms with Crippen molar-refractivity contribution in [2.75, 3.05) is 30.3 Å². The summed E-state index contributed by atoms with van der Waals surface area (Å²) in [6.07, 6.45) is 0. The highest BCUT2D eigenvalue weighted by atomic mass is 16.6. The summed E-state index contributed by atoms with van der Waals surface area (Å²) in [5.41, 5.74) is -0.0931. The van der Waals surface area contributed by atoms with Crippen molar-refractivity contribution in [3.63, 3.8) is 0 Å². The van der Waals surface area contributed by atoms with E-state index in [4.69, 9.17) is 0 Å². The van der Waals surface area contributed by atoms with Crippen LogP contribution in [0.2, 0.25) is 0 Å². The SMILES string of the molecule is CCNc1ccc([N+](=O)[O-])c(NCCNC(C)=O)n1. The van der Waals surface area contributed by atoms with Gasteiger partial charge in [0.15, 0.2) is 0 Å². The van der Waals surface area contributed by atoms with Gasteiger partial charge < -0.3 is 16.0 Å². The molecule has 0 saturated heterocycles. The van der Waals surface area contributed by atoms with Crippen molar-refractivity contribution in [3.8, 4) is 0 Å². The molecule has 1 rings (SSSR count). The van der Waals surface area contributed by atoms with Crippen LogP contribution in [-0.2, 0) is 4.79 Å². The fourth-order valence-corrected chi connectivity index (χ4v) is 1.43. The second-order valence-corrected chi connectivity index (χ2v) is 3.76. The largest absolute Gasteiger partial charge is 0.370 e. The van der Waals surface area contributed by atoms with Crippen LogP contribution in [0.3, 0.4) is 0 Å².